The van der Waals surface area contributed by atoms with Crippen molar-refractivity contribution in [2.45, 2.75) is 48.5 Å². The third kappa shape index (κ3) is 6.38. The second-order valence-electron chi connectivity index (χ2n) is 10.3. The van der Waals surface area contributed by atoms with E-state index in [0.29, 0.717) is 31.7 Å². The number of aliphatic hydroxyl groups is 1. The minimum absolute atomic E-state index is 0.00595. The van der Waals surface area contributed by atoms with Gasteiger partial charge in [0.05, 0.1) is 56.0 Å². The van der Waals surface area contributed by atoms with Gasteiger partial charge in [-0.3, -0.25) is 4.79 Å². The fraction of sp³-hybridized carbons (Fsp3) is 0.536. The van der Waals surface area contributed by atoms with Gasteiger partial charge in [-0.25, -0.2) is 8.42 Å². The van der Waals surface area contributed by atoms with E-state index < -0.39 is 28.3 Å². The lowest BCUT2D eigenvalue weighted by atomic mass is 9.96. The quantitative estimate of drug-likeness (QED) is 0.570. The summed E-state index contributed by atoms with van der Waals surface area (Å²) in [7, 11) is -2.46. The summed E-state index contributed by atoms with van der Waals surface area (Å²) in [5.74, 6) is 0.487. The van der Waals surface area contributed by atoms with E-state index in [9.17, 15) is 18.3 Å². The Morgan fingerprint density at radius 2 is 1.79 bits per heavy atom. The van der Waals surface area contributed by atoms with Crippen LogP contribution in [0, 0.1) is 0 Å². The number of carbonyl (C=O) groups is 1. The lowest BCUT2D eigenvalue weighted by molar-refractivity contribution is -0.151. The Balaban J connectivity index is 1.23. The molecule has 3 fully saturated rings. The first-order valence-electron chi connectivity index (χ1n) is 13.5. The maximum atomic E-state index is 13.7. The minimum Gasteiger partial charge on any atom is -0.497 e. The van der Waals surface area contributed by atoms with Gasteiger partial charge in [-0.1, -0.05) is 24.3 Å². The standard InChI is InChI=1S/C28H37N3O7S/c1-36-23-8-5-9-25(16-23)39(34,35)31-18-22(32)19-37-20-27-26(31)11-10-24(38-27)17-28(33)30-14-12-29(13-15-30)21-6-3-2-4-7-21/h2-9,16,22,24,26-27,32H,10-15,17-20H2,1H3/t22-,24-,26+,27-/m0/s1. The maximum Gasteiger partial charge on any atom is 0.243 e. The van der Waals surface area contributed by atoms with Crippen molar-refractivity contribution in [3.8, 4) is 5.75 Å². The Kier molecular flexibility index (Phi) is 8.73. The molecule has 0 spiro atoms. The molecule has 5 rings (SSSR count). The Morgan fingerprint density at radius 3 is 2.54 bits per heavy atom. The highest BCUT2D eigenvalue weighted by atomic mass is 32.2. The average Bonchev–Trinajstić information content (AvgIpc) is 2.96. The SMILES string of the molecule is COc1cccc(S(=O)(=O)N2C[C@H](O)COC[C@@H]3O[C@H](CC(=O)N4CCN(c5ccccc5)CC4)CC[C@H]32)c1. The van der Waals surface area contributed by atoms with E-state index in [1.54, 1.807) is 12.1 Å². The number of carbonyl (C=O) groups excluding carboxylic acids is 1. The summed E-state index contributed by atoms with van der Waals surface area (Å²) in [5, 5.41) is 10.4. The summed E-state index contributed by atoms with van der Waals surface area (Å²) in [6.45, 7) is 2.91. The number of benzene rings is 2. The van der Waals surface area contributed by atoms with E-state index in [1.807, 2.05) is 23.1 Å². The number of β-amino-alcohol motifs (C(OH)–C–C–N with tert-alkyl or cyclic N) is 1. The summed E-state index contributed by atoms with van der Waals surface area (Å²) >= 11 is 0. The van der Waals surface area contributed by atoms with Crippen molar-refractivity contribution < 1.29 is 32.5 Å². The van der Waals surface area contributed by atoms with Gasteiger partial charge in [-0.15, -0.1) is 0 Å². The molecule has 4 atom stereocenters. The van der Waals surface area contributed by atoms with Crippen molar-refractivity contribution in [1.29, 1.82) is 0 Å². The number of fused-ring (bicyclic) bond motifs is 1. The number of hydrogen-bond donors (Lipinski definition) is 1. The molecule has 2 aromatic rings. The molecule has 0 aliphatic carbocycles. The van der Waals surface area contributed by atoms with Crippen molar-refractivity contribution in [1.82, 2.24) is 9.21 Å². The highest BCUT2D eigenvalue weighted by Crippen LogP contribution is 2.32. The highest BCUT2D eigenvalue weighted by molar-refractivity contribution is 7.89. The first kappa shape index (κ1) is 27.9. The minimum atomic E-state index is -3.95. The summed E-state index contributed by atoms with van der Waals surface area (Å²) in [6.07, 6.45) is -0.527. The lowest BCUT2D eigenvalue weighted by Crippen LogP contribution is -2.57. The number of piperazine rings is 1. The molecular weight excluding hydrogens is 522 g/mol. The molecule has 10 nitrogen and oxygen atoms in total. The number of methoxy groups -OCH3 is 1. The Bertz CT molecular complexity index is 1220. The van der Waals surface area contributed by atoms with Crippen LogP contribution in [0.15, 0.2) is 59.5 Å². The average molecular weight is 560 g/mol. The third-order valence-electron chi connectivity index (χ3n) is 7.74. The van der Waals surface area contributed by atoms with Crippen LogP contribution in [0.3, 0.4) is 0 Å². The van der Waals surface area contributed by atoms with Gasteiger partial charge in [0.25, 0.3) is 0 Å². The second-order valence-corrected chi connectivity index (χ2v) is 12.2. The topological polar surface area (TPSA) is 109 Å². The van der Waals surface area contributed by atoms with Crippen molar-refractivity contribution in [2.24, 2.45) is 0 Å². The van der Waals surface area contributed by atoms with Crippen LogP contribution < -0.4 is 9.64 Å². The summed E-state index contributed by atoms with van der Waals surface area (Å²) in [6, 6.07) is 16.0. The van der Waals surface area contributed by atoms with Crippen molar-refractivity contribution in [3.05, 3.63) is 54.6 Å². The van der Waals surface area contributed by atoms with E-state index >= 15 is 0 Å². The molecule has 2 aromatic carbocycles. The van der Waals surface area contributed by atoms with Crippen LogP contribution >= 0.6 is 0 Å². The Morgan fingerprint density at radius 1 is 1.03 bits per heavy atom. The molecule has 11 heteroatoms. The van der Waals surface area contributed by atoms with E-state index in [4.69, 9.17) is 14.2 Å². The lowest BCUT2D eigenvalue weighted by Gasteiger charge is -2.44. The predicted molar refractivity (Wildman–Crippen MR) is 145 cm³/mol. The predicted octanol–water partition coefficient (Wildman–Crippen LogP) is 1.73. The molecule has 3 aliphatic rings. The smallest absolute Gasteiger partial charge is 0.243 e. The van der Waals surface area contributed by atoms with Crippen LogP contribution in [0.5, 0.6) is 5.75 Å². The van der Waals surface area contributed by atoms with Crippen LogP contribution in [-0.2, 0) is 24.3 Å². The normalized spacial score (nSPS) is 26.8. The molecule has 3 aliphatic heterocycles. The Hall–Kier alpha value is -2.70. The number of amides is 1. The third-order valence-corrected chi connectivity index (χ3v) is 9.62. The zero-order chi connectivity index (χ0) is 27.4. The summed E-state index contributed by atoms with van der Waals surface area (Å²) in [5.41, 5.74) is 1.16. The molecule has 212 valence electrons. The zero-order valence-corrected chi connectivity index (χ0v) is 23.0. The van der Waals surface area contributed by atoms with Crippen LogP contribution in [0.2, 0.25) is 0 Å². The van der Waals surface area contributed by atoms with Crippen molar-refractivity contribution in [2.75, 3.05) is 57.9 Å². The Labute approximate surface area is 230 Å². The first-order chi connectivity index (χ1) is 18.8. The van der Waals surface area contributed by atoms with Crippen molar-refractivity contribution >= 4 is 21.6 Å². The van der Waals surface area contributed by atoms with Crippen molar-refractivity contribution in [3.63, 3.8) is 0 Å². The van der Waals surface area contributed by atoms with Gasteiger partial charge in [-0.2, -0.15) is 4.31 Å². The fourth-order valence-corrected chi connectivity index (χ4v) is 7.40. The molecule has 0 aromatic heterocycles. The number of ether oxygens (including phenoxy) is 3. The molecule has 39 heavy (non-hydrogen) atoms. The van der Waals surface area contributed by atoms with Gasteiger partial charge in [0.15, 0.2) is 0 Å². The van der Waals surface area contributed by atoms with Crippen LogP contribution in [0.25, 0.3) is 0 Å². The molecule has 1 N–H and O–H groups in total. The van der Waals surface area contributed by atoms with Gasteiger partial charge in [0, 0.05) is 44.5 Å². The highest BCUT2D eigenvalue weighted by Gasteiger charge is 2.43. The fourth-order valence-electron chi connectivity index (χ4n) is 5.64. The van der Waals surface area contributed by atoms with Crippen LogP contribution in [-0.4, -0.2) is 106 Å². The molecule has 3 heterocycles. The van der Waals surface area contributed by atoms with Gasteiger partial charge in [0.2, 0.25) is 15.9 Å². The van der Waals surface area contributed by atoms with E-state index in [2.05, 4.69) is 17.0 Å². The number of sulfonamides is 1. The molecule has 3 saturated heterocycles. The van der Waals surface area contributed by atoms with Gasteiger partial charge < -0.3 is 29.1 Å². The molecule has 0 saturated carbocycles. The van der Waals surface area contributed by atoms with Gasteiger partial charge in [-0.05, 0) is 37.1 Å². The number of rotatable bonds is 6. The van der Waals surface area contributed by atoms with E-state index in [1.165, 1.54) is 23.5 Å². The van der Waals surface area contributed by atoms with Gasteiger partial charge >= 0.3 is 0 Å². The van der Waals surface area contributed by atoms with Crippen LogP contribution in [0.4, 0.5) is 5.69 Å². The van der Waals surface area contributed by atoms with Crippen LogP contribution in [0.1, 0.15) is 19.3 Å². The summed E-state index contributed by atoms with van der Waals surface area (Å²) < 4.78 is 46.0. The maximum absolute atomic E-state index is 13.7. The largest absolute Gasteiger partial charge is 0.497 e. The summed E-state index contributed by atoms with van der Waals surface area (Å²) in [4.78, 5) is 17.4. The second kappa shape index (κ2) is 12.2. The van der Waals surface area contributed by atoms with E-state index in [-0.39, 0.29) is 43.1 Å². The van der Waals surface area contributed by atoms with E-state index in [0.717, 1.165) is 18.8 Å². The molecule has 0 unspecified atom stereocenters. The van der Waals surface area contributed by atoms with Gasteiger partial charge in [0.1, 0.15) is 5.75 Å². The number of para-hydroxylation sites is 1. The zero-order valence-electron chi connectivity index (χ0n) is 22.2. The molecular formula is C28H37N3O7S. The molecule has 1 amide bonds. The number of anilines is 1. The number of nitrogens with zero attached hydrogens (tertiary/aromatic N) is 3. The first-order valence-corrected chi connectivity index (χ1v) is 14.9. The molecule has 0 radical (unpaired) electrons. The molecule has 0 bridgehead atoms. The number of aliphatic hydroxyl groups excluding tert-OH is 1. The number of hydrogen-bond acceptors (Lipinski definition) is 8. The monoisotopic (exact) mass is 559 g/mol.